The van der Waals surface area contributed by atoms with Crippen molar-refractivity contribution in [2.75, 3.05) is 24.6 Å². The van der Waals surface area contributed by atoms with Crippen molar-refractivity contribution in [1.82, 2.24) is 9.80 Å². The molecule has 1 aromatic rings. The van der Waals surface area contributed by atoms with Crippen LogP contribution in [0.15, 0.2) is 18.2 Å². The maximum atomic E-state index is 13.3. The molecule has 2 aliphatic heterocycles. The highest BCUT2D eigenvalue weighted by atomic mass is 35.5. The van der Waals surface area contributed by atoms with E-state index < -0.39 is 9.84 Å². The normalized spacial score (nSPS) is 26.3. The molecule has 0 radical (unpaired) electrons. The molecule has 2 heterocycles. The predicted molar refractivity (Wildman–Crippen MR) is 112 cm³/mol. The van der Waals surface area contributed by atoms with Crippen LogP contribution in [0.2, 0.25) is 10.0 Å². The fourth-order valence-electron chi connectivity index (χ4n) is 4.39. The predicted octanol–water partition coefficient (Wildman–Crippen LogP) is 3.02. The van der Waals surface area contributed by atoms with E-state index in [1.807, 2.05) is 4.90 Å². The third-order valence-electron chi connectivity index (χ3n) is 6.02. The van der Waals surface area contributed by atoms with Gasteiger partial charge in [-0.1, -0.05) is 23.2 Å². The average molecular weight is 459 g/mol. The van der Waals surface area contributed by atoms with Crippen molar-refractivity contribution in [2.24, 2.45) is 5.92 Å². The van der Waals surface area contributed by atoms with Crippen LogP contribution >= 0.6 is 23.2 Å². The van der Waals surface area contributed by atoms with E-state index in [0.717, 1.165) is 19.3 Å². The second-order valence-electron chi connectivity index (χ2n) is 8.25. The number of rotatable bonds is 4. The molecule has 2 unspecified atom stereocenters. The molecule has 2 amide bonds. The van der Waals surface area contributed by atoms with Crippen LogP contribution in [0.25, 0.3) is 0 Å². The Hall–Kier alpha value is -1.31. The minimum absolute atomic E-state index is 0.00115. The monoisotopic (exact) mass is 458 g/mol. The molecule has 1 saturated carbocycles. The number of carbonyl (C=O) groups excluding carboxylic acids is 2. The summed E-state index contributed by atoms with van der Waals surface area (Å²) >= 11 is 12.0. The largest absolute Gasteiger partial charge is 0.338 e. The van der Waals surface area contributed by atoms with E-state index in [-0.39, 0.29) is 41.3 Å². The molecule has 0 N–H and O–H groups in total. The molecule has 3 fully saturated rings. The molecule has 2 atom stereocenters. The first-order chi connectivity index (χ1) is 13.7. The van der Waals surface area contributed by atoms with Crippen LogP contribution < -0.4 is 0 Å². The van der Waals surface area contributed by atoms with E-state index >= 15 is 0 Å². The van der Waals surface area contributed by atoms with Crippen LogP contribution in [0.1, 0.15) is 42.5 Å². The number of sulfone groups is 1. The van der Waals surface area contributed by atoms with Crippen LogP contribution in [0, 0.1) is 5.92 Å². The smallest absolute Gasteiger partial charge is 0.253 e. The summed E-state index contributed by atoms with van der Waals surface area (Å²) in [7, 11) is -3.06. The van der Waals surface area contributed by atoms with E-state index in [0.29, 0.717) is 41.5 Å². The van der Waals surface area contributed by atoms with Gasteiger partial charge in [0, 0.05) is 30.7 Å². The summed E-state index contributed by atoms with van der Waals surface area (Å²) in [5, 5.41) is 0.714. The summed E-state index contributed by atoms with van der Waals surface area (Å²) < 4.78 is 23.9. The second-order valence-corrected chi connectivity index (χ2v) is 11.3. The van der Waals surface area contributed by atoms with Crippen LogP contribution in [0.5, 0.6) is 0 Å². The van der Waals surface area contributed by atoms with Gasteiger partial charge in [-0.2, -0.15) is 0 Å². The van der Waals surface area contributed by atoms with Crippen LogP contribution in [0.4, 0.5) is 0 Å². The first kappa shape index (κ1) is 20.9. The van der Waals surface area contributed by atoms with E-state index in [9.17, 15) is 18.0 Å². The first-order valence-corrected chi connectivity index (χ1v) is 12.6. The molecule has 1 aromatic carbocycles. The van der Waals surface area contributed by atoms with Gasteiger partial charge in [-0.25, -0.2) is 8.42 Å². The lowest BCUT2D eigenvalue weighted by atomic mass is 9.95. The molecule has 4 rings (SSSR count). The zero-order valence-electron chi connectivity index (χ0n) is 16.0. The van der Waals surface area contributed by atoms with E-state index in [4.69, 9.17) is 23.2 Å². The summed E-state index contributed by atoms with van der Waals surface area (Å²) in [6.07, 6.45) is 3.84. The van der Waals surface area contributed by atoms with Gasteiger partial charge in [0.2, 0.25) is 5.91 Å². The summed E-state index contributed by atoms with van der Waals surface area (Å²) in [5.41, 5.74) is 0.452. The van der Waals surface area contributed by atoms with Crippen molar-refractivity contribution in [2.45, 2.75) is 44.2 Å². The van der Waals surface area contributed by atoms with E-state index in [1.54, 1.807) is 23.1 Å². The quantitative estimate of drug-likeness (QED) is 0.694. The van der Waals surface area contributed by atoms with Crippen molar-refractivity contribution in [3.05, 3.63) is 33.8 Å². The third kappa shape index (κ3) is 4.57. The molecular formula is C20H24Cl2N2O4S. The highest BCUT2D eigenvalue weighted by molar-refractivity contribution is 7.91. The Kier molecular flexibility index (Phi) is 5.84. The molecule has 6 nitrogen and oxygen atoms in total. The van der Waals surface area contributed by atoms with Gasteiger partial charge in [-0.3, -0.25) is 9.59 Å². The Morgan fingerprint density at radius 1 is 1.03 bits per heavy atom. The van der Waals surface area contributed by atoms with Crippen molar-refractivity contribution in [3.63, 3.8) is 0 Å². The standard InChI is InChI=1S/C20H24Cl2N2O4S/c21-17-6-3-13(10-18(17)22)19(25)23-8-1-2-14(11-23)20(26)24(15-4-5-15)16-7-9-29(27,28)12-16/h3,6,10,14-16H,1-2,4-5,7-9,11-12H2. The highest BCUT2D eigenvalue weighted by Crippen LogP contribution is 2.35. The number of hydrogen-bond donors (Lipinski definition) is 0. The number of benzene rings is 1. The molecule has 1 aliphatic carbocycles. The van der Waals surface area contributed by atoms with Crippen molar-refractivity contribution in [3.8, 4) is 0 Å². The lowest BCUT2D eigenvalue weighted by molar-refractivity contribution is -0.139. The topological polar surface area (TPSA) is 74.8 Å². The lowest BCUT2D eigenvalue weighted by Crippen LogP contribution is -2.50. The second kappa shape index (κ2) is 8.08. The molecule has 29 heavy (non-hydrogen) atoms. The molecule has 3 aliphatic rings. The van der Waals surface area contributed by atoms with Gasteiger partial charge in [0.25, 0.3) is 5.91 Å². The Balaban J connectivity index is 1.47. The number of hydrogen-bond acceptors (Lipinski definition) is 4. The van der Waals surface area contributed by atoms with Crippen molar-refractivity contribution >= 4 is 44.9 Å². The average Bonchev–Trinajstić information content (AvgIpc) is 3.46. The Morgan fingerprint density at radius 3 is 2.41 bits per heavy atom. The van der Waals surface area contributed by atoms with Crippen LogP contribution in [-0.4, -0.2) is 66.7 Å². The maximum Gasteiger partial charge on any atom is 0.253 e. The lowest BCUT2D eigenvalue weighted by Gasteiger charge is -2.37. The molecule has 2 saturated heterocycles. The van der Waals surface area contributed by atoms with Gasteiger partial charge < -0.3 is 9.80 Å². The summed E-state index contributed by atoms with van der Waals surface area (Å²) in [6, 6.07) is 4.72. The minimum atomic E-state index is -3.06. The fraction of sp³-hybridized carbons (Fsp3) is 0.600. The first-order valence-electron chi connectivity index (χ1n) is 10.0. The fourth-order valence-corrected chi connectivity index (χ4v) is 6.40. The van der Waals surface area contributed by atoms with Crippen molar-refractivity contribution < 1.29 is 18.0 Å². The van der Waals surface area contributed by atoms with Crippen LogP contribution in [-0.2, 0) is 14.6 Å². The molecule has 0 bridgehead atoms. The van der Waals surface area contributed by atoms with Gasteiger partial charge in [0.1, 0.15) is 0 Å². The molecule has 158 valence electrons. The van der Waals surface area contributed by atoms with Gasteiger partial charge in [-0.05, 0) is 50.3 Å². The number of nitrogens with zero attached hydrogens (tertiary/aromatic N) is 2. The number of carbonyl (C=O) groups is 2. The summed E-state index contributed by atoms with van der Waals surface area (Å²) in [5.74, 6) is -0.239. The van der Waals surface area contributed by atoms with Gasteiger partial charge >= 0.3 is 0 Å². The SMILES string of the molecule is O=C(c1ccc(Cl)c(Cl)c1)N1CCCC(C(=O)N(C2CC2)C2CCS(=O)(=O)C2)C1. The molecule has 0 spiro atoms. The van der Waals surface area contributed by atoms with Crippen LogP contribution in [0.3, 0.4) is 0 Å². The molecular weight excluding hydrogens is 435 g/mol. The number of amides is 2. The van der Waals surface area contributed by atoms with Gasteiger partial charge in [-0.15, -0.1) is 0 Å². The van der Waals surface area contributed by atoms with Crippen molar-refractivity contribution in [1.29, 1.82) is 0 Å². The minimum Gasteiger partial charge on any atom is -0.338 e. The van der Waals surface area contributed by atoms with Gasteiger partial charge in [0.05, 0.1) is 27.5 Å². The summed E-state index contributed by atoms with van der Waals surface area (Å²) in [6.45, 7) is 0.935. The molecule has 0 aromatic heterocycles. The Labute approximate surface area is 181 Å². The Bertz CT molecular complexity index is 932. The third-order valence-corrected chi connectivity index (χ3v) is 8.51. The highest BCUT2D eigenvalue weighted by Gasteiger charge is 2.44. The number of halogens is 2. The van der Waals surface area contributed by atoms with E-state index in [2.05, 4.69) is 0 Å². The summed E-state index contributed by atoms with van der Waals surface area (Å²) in [4.78, 5) is 29.8. The molecule has 9 heteroatoms. The van der Waals surface area contributed by atoms with Gasteiger partial charge in [0.15, 0.2) is 9.84 Å². The Morgan fingerprint density at radius 2 is 1.79 bits per heavy atom. The maximum absolute atomic E-state index is 13.3. The zero-order valence-corrected chi connectivity index (χ0v) is 18.3. The van der Waals surface area contributed by atoms with E-state index in [1.165, 1.54) is 0 Å². The number of piperidine rings is 1. The zero-order chi connectivity index (χ0) is 20.8. The number of likely N-dealkylation sites (tertiary alicyclic amines) is 1.